The number of allylic oxidation sites excluding steroid dienone is 4. The van der Waals surface area contributed by atoms with Crippen molar-refractivity contribution in [2.24, 2.45) is 5.92 Å². The minimum Gasteiger partial charge on any atom is -0.383 e. The second-order valence-corrected chi connectivity index (χ2v) is 6.48. The Morgan fingerprint density at radius 1 is 1.28 bits per heavy atom. The van der Waals surface area contributed by atoms with Crippen LogP contribution in [0.15, 0.2) is 24.6 Å². The van der Waals surface area contributed by atoms with Crippen LogP contribution in [0.2, 0.25) is 0 Å². The van der Waals surface area contributed by atoms with Crippen LogP contribution in [0, 0.1) is 5.92 Å². The highest BCUT2D eigenvalue weighted by molar-refractivity contribution is 5.95. The predicted molar refractivity (Wildman–Crippen MR) is 106 cm³/mol. The molecule has 0 aliphatic heterocycles. The van der Waals surface area contributed by atoms with Crippen LogP contribution in [-0.2, 0) is 6.54 Å². The van der Waals surface area contributed by atoms with Gasteiger partial charge in [-0.05, 0) is 31.3 Å². The molecule has 0 saturated carbocycles. The van der Waals surface area contributed by atoms with Gasteiger partial charge in [0.1, 0.15) is 17.8 Å². The molecule has 136 valence electrons. The quantitative estimate of drug-likeness (QED) is 0.652. The number of nitrogens with zero attached hydrogens (tertiary/aromatic N) is 4. The maximum atomic E-state index is 6.19. The van der Waals surface area contributed by atoms with E-state index in [-0.39, 0.29) is 0 Å². The molecule has 0 aliphatic carbocycles. The molecule has 0 amide bonds. The van der Waals surface area contributed by atoms with Gasteiger partial charge in [-0.25, -0.2) is 14.6 Å². The molecular weight excluding hydrogens is 310 g/mol. The highest BCUT2D eigenvalue weighted by Gasteiger charge is 2.19. The van der Waals surface area contributed by atoms with Crippen LogP contribution in [0.4, 0.5) is 5.82 Å². The van der Waals surface area contributed by atoms with E-state index in [2.05, 4.69) is 36.8 Å². The first-order chi connectivity index (χ1) is 12.2. The number of rotatable bonds is 9. The van der Waals surface area contributed by atoms with E-state index >= 15 is 0 Å². The summed E-state index contributed by atoms with van der Waals surface area (Å²) in [5.41, 5.74) is 9.10. The van der Waals surface area contributed by atoms with Crippen molar-refractivity contribution in [3.8, 4) is 0 Å². The number of nitrogen functional groups attached to an aromatic ring is 1. The largest absolute Gasteiger partial charge is 0.383 e. The first kappa shape index (κ1) is 19.2. The Morgan fingerprint density at radius 3 is 2.72 bits per heavy atom. The van der Waals surface area contributed by atoms with Crippen molar-refractivity contribution in [3.63, 3.8) is 0 Å². The van der Waals surface area contributed by atoms with Gasteiger partial charge in [0.2, 0.25) is 0 Å². The molecular formula is C20H31N5. The lowest BCUT2D eigenvalue weighted by atomic mass is 9.99. The summed E-state index contributed by atoms with van der Waals surface area (Å²) < 4.78 is 2.03. The summed E-state index contributed by atoms with van der Waals surface area (Å²) in [6, 6.07) is 0. The Bertz CT molecular complexity index is 742. The number of nitrogens with two attached hydrogens (primary N) is 1. The molecule has 0 aromatic carbocycles. The molecule has 2 N–H and O–H groups in total. The summed E-state index contributed by atoms with van der Waals surface area (Å²) in [5.74, 6) is 1.12. The van der Waals surface area contributed by atoms with E-state index in [1.165, 1.54) is 25.6 Å². The third-order valence-corrected chi connectivity index (χ3v) is 4.71. The summed E-state index contributed by atoms with van der Waals surface area (Å²) >= 11 is 0. The Morgan fingerprint density at radius 2 is 2.08 bits per heavy atom. The van der Waals surface area contributed by atoms with Crippen LogP contribution in [0.25, 0.3) is 16.6 Å². The monoisotopic (exact) mass is 341 g/mol. The normalized spacial score (nSPS) is 13.8. The van der Waals surface area contributed by atoms with Crippen molar-refractivity contribution in [3.05, 3.63) is 30.2 Å². The van der Waals surface area contributed by atoms with Crippen LogP contribution in [0.3, 0.4) is 0 Å². The molecule has 5 heteroatoms. The maximum absolute atomic E-state index is 6.19. The van der Waals surface area contributed by atoms with Crippen LogP contribution < -0.4 is 5.73 Å². The SMILES string of the molecule is CC=CC=C(CC)c1nn(CC(CC)CCCC)c2ncnc(N)c12. The van der Waals surface area contributed by atoms with Gasteiger partial charge in [0.25, 0.3) is 0 Å². The van der Waals surface area contributed by atoms with E-state index in [4.69, 9.17) is 10.8 Å². The standard InChI is InChI=1S/C20H31N5/c1-5-9-11-15(7-3)13-25-20-17(19(21)22-14-23-20)18(24-25)16(8-4)12-10-6-2/h6,10,12,14-15H,5,7-9,11,13H2,1-4H3,(H2,21,22,23). The third kappa shape index (κ3) is 4.47. The molecule has 0 radical (unpaired) electrons. The fourth-order valence-corrected chi connectivity index (χ4v) is 3.12. The zero-order valence-corrected chi connectivity index (χ0v) is 16.0. The Hall–Kier alpha value is -2.17. The molecule has 0 spiro atoms. The van der Waals surface area contributed by atoms with Gasteiger partial charge in [-0.3, -0.25) is 0 Å². The maximum Gasteiger partial charge on any atom is 0.163 e. The van der Waals surface area contributed by atoms with Gasteiger partial charge >= 0.3 is 0 Å². The predicted octanol–water partition coefficient (Wildman–Crippen LogP) is 4.99. The summed E-state index contributed by atoms with van der Waals surface area (Å²) in [7, 11) is 0. The molecule has 1 atom stereocenters. The molecule has 1 unspecified atom stereocenters. The minimum atomic E-state index is 0.507. The number of hydrogen-bond acceptors (Lipinski definition) is 4. The van der Waals surface area contributed by atoms with Gasteiger partial charge < -0.3 is 5.73 Å². The average Bonchev–Trinajstić information content (AvgIpc) is 2.99. The second kappa shape index (κ2) is 9.35. The molecule has 2 aromatic rings. The summed E-state index contributed by atoms with van der Waals surface area (Å²) in [6.07, 6.45) is 13.4. The number of aromatic nitrogens is 4. The molecule has 0 fully saturated rings. The average molecular weight is 342 g/mol. The van der Waals surface area contributed by atoms with Gasteiger partial charge in [-0.15, -0.1) is 0 Å². The van der Waals surface area contributed by atoms with Crippen molar-refractivity contribution in [1.82, 2.24) is 19.7 Å². The van der Waals surface area contributed by atoms with Crippen molar-refractivity contribution < 1.29 is 0 Å². The van der Waals surface area contributed by atoms with Crippen molar-refractivity contribution in [2.45, 2.75) is 66.3 Å². The van der Waals surface area contributed by atoms with Gasteiger partial charge in [-0.2, -0.15) is 5.10 Å². The van der Waals surface area contributed by atoms with E-state index in [0.717, 1.165) is 41.7 Å². The van der Waals surface area contributed by atoms with Crippen molar-refractivity contribution >= 4 is 22.4 Å². The van der Waals surface area contributed by atoms with Crippen molar-refractivity contribution in [1.29, 1.82) is 0 Å². The first-order valence-electron chi connectivity index (χ1n) is 9.45. The summed E-state index contributed by atoms with van der Waals surface area (Å²) in [5, 5.41) is 5.78. The Labute approximate surface area is 151 Å². The van der Waals surface area contributed by atoms with Gasteiger partial charge in [0.15, 0.2) is 5.65 Å². The smallest absolute Gasteiger partial charge is 0.163 e. The van der Waals surface area contributed by atoms with E-state index in [0.29, 0.717) is 11.7 Å². The third-order valence-electron chi connectivity index (χ3n) is 4.71. The van der Waals surface area contributed by atoms with Crippen LogP contribution in [0.1, 0.15) is 65.5 Å². The van der Waals surface area contributed by atoms with E-state index in [1.807, 2.05) is 23.8 Å². The second-order valence-electron chi connectivity index (χ2n) is 6.48. The molecule has 0 aliphatic rings. The number of anilines is 1. The summed E-state index contributed by atoms with van der Waals surface area (Å²) in [6.45, 7) is 9.51. The zero-order chi connectivity index (χ0) is 18.2. The Kier molecular flexibility index (Phi) is 7.16. The molecule has 2 aromatic heterocycles. The van der Waals surface area contributed by atoms with Gasteiger partial charge in [-0.1, -0.05) is 58.3 Å². The number of fused-ring (bicyclic) bond motifs is 1. The highest BCUT2D eigenvalue weighted by atomic mass is 15.3. The molecule has 0 saturated heterocycles. The minimum absolute atomic E-state index is 0.507. The van der Waals surface area contributed by atoms with Crippen LogP contribution in [-0.4, -0.2) is 19.7 Å². The molecule has 2 heterocycles. The fourth-order valence-electron chi connectivity index (χ4n) is 3.12. The van der Waals surface area contributed by atoms with Crippen molar-refractivity contribution in [2.75, 3.05) is 5.73 Å². The molecule has 25 heavy (non-hydrogen) atoms. The van der Waals surface area contributed by atoms with Crippen LogP contribution in [0.5, 0.6) is 0 Å². The lowest BCUT2D eigenvalue weighted by molar-refractivity contribution is 0.377. The highest BCUT2D eigenvalue weighted by Crippen LogP contribution is 2.29. The lowest BCUT2D eigenvalue weighted by Crippen LogP contribution is -2.12. The van der Waals surface area contributed by atoms with Gasteiger partial charge in [0.05, 0.1) is 5.39 Å². The molecule has 0 bridgehead atoms. The zero-order valence-electron chi connectivity index (χ0n) is 16.0. The van der Waals surface area contributed by atoms with E-state index in [1.54, 1.807) is 0 Å². The van der Waals surface area contributed by atoms with E-state index < -0.39 is 0 Å². The first-order valence-corrected chi connectivity index (χ1v) is 9.45. The topological polar surface area (TPSA) is 69.6 Å². The number of hydrogen-bond donors (Lipinski definition) is 1. The lowest BCUT2D eigenvalue weighted by Gasteiger charge is -2.14. The molecule has 5 nitrogen and oxygen atoms in total. The molecule has 2 rings (SSSR count). The number of unbranched alkanes of at least 4 members (excludes halogenated alkanes) is 1. The fraction of sp³-hybridized carbons (Fsp3) is 0.550. The van der Waals surface area contributed by atoms with Crippen LogP contribution >= 0.6 is 0 Å². The van der Waals surface area contributed by atoms with E-state index in [9.17, 15) is 0 Å². The Balaban J connectivity index is 2.50. The summed E-state index contributed by atoms with van der Waals surface area (Å²) in [4.78, 5) is 8.69. The van der Waals surface area contributed by atoms with Gasteiger partial charge in [0, 0.05) is 6.54 Å².